The molecule has 0 bridgehead atoms. The van der Waals surface area contributed by atoms with Gasteiger partial charge in [0, 0.05) is 32.3 Å². The van der Waals surface area contributed by atoms with Crippen molar-refractivity contribution in [2.24, 2.45) is 0 Å². The molecule has 0 aliphatic rings. The lowest BCUT2D eigenvalue weighted by atomic mass is 10.2. The molecule has 92 valence electrons. The fourth-order valence-electron chi connectivity index (χ4n) is 0.905. The molecule has 0 unspecified atom stereocenters. The number of esters is 1. The van der Waals surface area contributed by atoms with Gasteiger partial charge in [-0.05, 0) is 0 Å². The van der Waals surface area contributed by atoms with Crippen LogP contribution >= 0.6 is 0 Å². The van der Waals surface area contributed by atoms with Crippen molar-refractivity contribution in [3.05, 3.63) is 11.6 Å². The topological polar surface area (TPSA) is 82.1 Å². The summed E-state index contributed by atoms with van der Waals surface area (Å²) in [5.74, 6) is -1.84. The molecule has 0 aromatic carbocycles. The average molecular weight is 232 g/mol. The molecule has 0 radical (unpaired) electrons. The zero-order valence-electron chi connectivity index (χ0n) is 9.39. The fraction of sp³-hybridized carbons (Fsp3) is 0.600. The number of carboxylic acid groups (broad SMARTS) is 1. The van der Waals surface area contributed by atoms with Gasteiger partial charge in [0.25, 0.3) is 0 Å². The molecular formula is C10H16O6. The third kappa shape index (κ3) is 6.97. The van der Waals surface area contributed by atoms with E-state index in [1.807, 2.05) is 0 Å². The summed E-state index contributed by atoms with van der Waals surface area (Å²) < 4.78 is 14.3. The van der Waals surface area contributed by atoms with Gasteiger partial charge in [-0.3, -0.25) is 0 Å². The normalized spacial score (nSPS) is 11.2. The second-order valence-corrected chi connectivity index (χ2v) is 2.88. The number of hydrogen-bond acceptors (Lipinski definition) is 5. The van der Waals surface area contributed by atoms with Gasteiger partial charge in [-0.15, -0.1) is 0 Å². The fourth-order valence-corrected chi connectivity index (χ4v) is 0.905. The first-order chi connectivity index (χ1) is 7.61. The van der Waals surface area contributed by atoms with E-state index in [-0.39, 0.29) is 31.8 Å². The summed E-state index contributed by atoms with van der Waals surface area (Å²) in [5.41, 5.74) is 0.0745. The zero-order valence-corrected chi connectivity index (χ0v) is 9.39. The number of carboxylic acids is 1. The van der Waals surface area contributed by atoms with E-state index in [0.29, 0.717) is 0 Å². The lowest BCUT2D eigenvalue weighted by Gasteiger charge is -2.06. The highest BCUT2D eigenvalue weighted by atomic mass is 16.6. The first-order valence-electron chi connectivity index (χ1n) is 4.70. The van der Waals surface area contributed by atoms with Gasteiger partial charge in [-0.2, -0.15) is 0 Å². The maximum Gasteiger partial charge on any atom is 0.334 e. The SMILES string of the molecule is COCCOC(=O)C(=CC(=O)O)CCOC. The first kappa shape index (κ1) is 14.6. The van der Waals surface area contributed by atoms with E-state index >= 15 is 0 Å². The Morgan fingerprint density at radius 3 is 2.25 bits per heavy atom. The molecule has 0 amide bonds. The van der Waals surface area contributed by atoms with Crippen molar-refractivity contribution in [1.82, 2.24) is 0 Å². The molecule has 0 aliphatic heterocycles. The van der Waals surface area contributed by atoms with E-state index in [9.17, 15) is 9.59 Å². The van der Waals surface area contributed by atoms with Crippen molar-refractivity contribution in [3.63, 3.8) is 0 Å². The van der Waals surface area contributed by atoms with Crippen molar-refractivity contribution in [3.8, 4) is 0 Å². The second-order valence-electron chi connectivity index (χ2n) is 2.88. The number of carbonyl (C=O) groups is 2. The van der Waals surface area contributed by atoms with Crippen molar-refractivity contribution in [2.75, 3.05) is 34.0 Å². The molecule has 0 aliphatic carbocycles. The molecule has 0 fully saturated rings. The highest BCUT2D eigenvalue weighted by Gasteiger charge is 2.12. The highest BCUT2D eigenvalue weighted by molar-refractivity contribution is 5.95. The Hall–Kier alpha value is -1.40. The minimum absolute atomic E-state index is 0.0745. The summed E-state index contributed by atoms with van der Waals surface area (Å²) in [6, 6.07) is 0. The largest absolute Gasteiger partial charge is 0.478 e. The predicted octanol–water partition coefficient (Wildman–Crippen LogP) is 0.223. The number of aliphatic carboxylic acids is 1. The Kier molecular flexibility index (Phi) is 8.10. The number of ether oxygens (including phenoxy) is 3. The number of methoxy groups -OCH3 is 2. The molecule has 0 aromatic rings. The van der Waals surface area contributed by atoms with Crippen LogP contribution in [0.3, 0.4) is 0 Å². The Morgan fingerprint density at radius 2 is 1.75 bits per heavy atom. The lowest BCUT2D eigenvalue weighted by molar-refractivity contribution is -0.141. The molecule has 6 heteroatoms. The highest BCUT2D eigenvalue weighted by Crippen LogP contribution is 2.04. The molecule has 0 heterocycles. The maximum atomic E-state index is 11.4. The molecule has 0 saturated heterocycles. The van der Waals surface area contributed by atoms with E-state index < -0.39 is 11.9 Å². The van der Waals surface area contributed by atoms with Crippen LogP contribution < -0.4 is 0 Å². The smallest absolute Gasteiger partial charge is 0.334 e. The quantitative estimate of drug-likeness (QED) is 0.366. The summed E-state index contributed by atoms with van der Waals surface area (Å²) in [4.78, 5) is 21.9. The Labute approximate surface area is 93.8 Å². The van der Waals surface area contributed by atoms with Crippen LogP contribution in [0.5, 0.6) is 0 Å². The van der Waals surface area contributed by atoms with Crippen LogP contribution in [-0.2, 0) is 23.8 Å². The van der Waals surface area contributed by atoms with Gasteiger partial charge in [-0.25, -0.2) is 9.59 Å². The van der Waals surface area contributed by atoms with E-state index in [0.717, 1.165) is 6.08 Å². The minimum atomic E-state index is -1.19. The summed E-state index contributed by atoms with van der Waals surface area (Å²) in [6.45, 7) is 0.633. The number of rotatable bonds is 8. The van der Waals surface area contributed by atoms with Gasteiger partial charge in [0.1, 0.15) is 6.61 Å². The number of carbonyl (C=O) groups excluding carboxylic acids is 1. The van der Waals surface area contributed by atoms with Crippen LogP contribution in [0, 0.1) is 0 Å². The van der Waals surface area contributed by atoms with Crippen LogP contribution in [0.2, 0.25) is 0 Å². The van der Waals surface area contributed by atoms with Crippen molar-refractivity contribution < 1.29 is 28.9 Å². The Balaban J connectivity index is 4.27. The second kappa shape index (κ2) is 8.87. The molecule has 16 heavy (non-hydrogen) atoms. The monoisotopic (exact) mass is 232 g/mol. The van der Waals surface area contributed by atoms with Gasteiger partial charge in [0.15, 0.2) is 0 Å². The van der Waals surface area contributed by atoms with Crippen LogP contribution in [0.15, 0.2) is 11.6 Å². The molecule has 0 rings (SSSR count). The van der Waals surface area contributed by atoms with Crippen LogP contribution in [0.4, 0.5) is 0 Å². The molecule has 1 N–H and O–H groups in total. The summed E-state index contributed by atoms with van der Waals surface area (Å²) in [6.07, 6.45) is 1.03. The molecule has 0 saturated carbocycles. The van der Waals surface area contributed by atoms with E-state index in [1.54, 1.807) is 0 Å². The van der Waals surface area contributed by atoms with Crippen molar-refractivity contribution in [2.45, 2.75) is 6.42 Å². The summed E-state index contributed by atoms with van der Waals surface area (Å²) >= 11 is 0. The average Bonchev–Trinajstić information content (AvgIpc) is 2.23. The van der Waals surface area contributed by atoms with Crippen LogP contribution in [0.1, 0.15) is 6.42 Å². The van der Waals surface area contributed by atoms with E-state index in [1.165, 1.54) is 14.2 Å². The van der Waals surface area contributed by atoms with E-state index in [4.69, 9.17) is 19.3 Å². The van der Waals surface area contributed by atoms with Crippen molar-refractivity contribution >= 4 is 11.9 Å². The Morgan fingerprint density at radius 1 is 1.12 bits per heavy atom. The number of hydrogen-bond donors (Lipinski definition) is 1. The van der Waals surface area contributed by atoms with Gasteiger partial charge in [-0.1, -0.05) is 0 Å². The lowest BCUT2D eigenvalue weighted by Crippen LogP contribution is -2.14. The first-order valence-corrected chi connectivity index (χ1v) is 4.70. The Bertz CT molecular complexity index is 258. The molecule has 0 aromatic heterocycles. The van der Waals surface area contributed by atoms with Crippen LogP contribution in [-0.4, -0.2) is 51.1 Å². The van der Waals surface area contributed by atoms with Gasteiger partial charge in [0.2, 0.25) is 0 Å². The summed E-state index contributed by atoms with van der Waals surface area (Å²) in [7, 11) is 2.95. The van der Waals surface area contributed by atoms with Gasteiger partial charge < -0.3 is 19.3 Å². The molecule has 6 nitrogen and oxygen atoms in total. The van der Waals surface area contributed by atoms with E-state index in [2.05, 4.69) is 0 Å². The zero-order chi connectivity index (χ0) is 12.4. The molecular weight excluding hydrogens is 216 g/mol. The van der Waals surface area contributed by atoms with Crippen molar-refractivity contribution in [1.29, 1.82) is 0 Å². The van der Waals surface area contributed by atoms with Crippen LogP contribution in [0.25, 0.3) is 0 Å². The van der Waals surface area contributed by atoms with Gasteiger partial charge >= 0.3 is 11.9 Å². The third-order valence-corrected chi connectivity index (χ3v) is 1.66. The molecule has 0 spiro atoms. The minimum Gasteiger partial charge on any atom is -0.478 e. The van der Waals surface area contributed by atoms with Gasteiger partial charge in [0.05, 0.1) is 13.2 Å². The predicted molar refractivity (Wildman–Crippen MR) is 55.0 cm³/mol. The maximum absolute atomic E-state index is 11.4. The summed E-state index contributed by atoms with van der Waals surface area (Å²) in [5, 5.41) is 8.55. The standard InChI is InChI=1S/C10H16O6/c1-14-4-3-8(7-9(11)12)10(13)16-6-5-15-2/h7H,3-6H2,1-2H3,(H,11,12). The molecule has 0 atom stereocenters. The third-order valence-electron chi connectivity index (χ3n) is 1.66.